The molecule has 1 aliphatic carbocycles. The second kappa shape index (κ2) is 4.37. The minimum atomic E-state index is -1.26. The lowest BCUT2D eigenvalue weighted by Crippen LogP contribution is -2.10. The number of non-ortho nitro benzene ring substituents is 1. The number of nitro groups is 1. The number of hydrogen-bond acceptors (Lipinski definition) is 6. The molecule has 1 aliphatic rings. The Bertz CT molecular complexity index is 707. The highest BCUT2D eigenvalue weighted by Gasteiger charge is 2.31. The number of rotatable bonds is 4. The van der Waals surface area contributed by atoms with E-state index in [0.29, 0.717) is 5.82 Å². The Morgan fingerprint density at radius 2 is 2.20 bits per heavy atom. The molecule has 0 atom stereocenters. The van der Waals surface area contributed by atoms with Crippen LogP contribution in [0.25, 0.3) is 5.69 Å². The van der Waals surface area contributed by atoms with Gasteiger partial charge in [0, 0.05) is 18.1 Å². The van der Waals surface area contributed by atoms with E-state index < -0.39 is 10.9 Å². The molecule has 20 heavy (non-hydrogen) atoms. The molecule has 0 radical (unpaired) electrons. The molecule has 0 unspecified atom stereocenters. The number of carboxylic acids is 1. The van der Waals surface area contributed by atoms with Crippen LogP contribution in [0.1, 0.15) is 34.9 Å². The van der Waals surface area contributed by atoms with E-state index >= 15 is 0 Å². The second-order valence-corrected chi connectivity index (χ2v) is 4.49. The fourth-order valence-corrected chi connectivity index (χ4v) is 1.96. The SMILES string of the molecule is O=C(O)c1cc([N+](=O)[O-])ccc1-n1nnnc1C1CC1. The first-order valence-corrected chi connectivity index (χ1v) is 5.88. The molecule has 0 amide bonds. The maximum atomic E-state index is 11.3. The maximum Gasteiger partial charge on any atom is 0.338 e. The quantitative estimate of drug-likeness (QED) is 0.655. The Balaban J connectivity index is 2.15. The van der Waals surface area contributed by atoms with E-state index in [2.05, 4.69) is 15.5 Å². The van der Waals surface area contributed by atoms with Gasteiger partial charge in [-0.2, -0.15) is 4.68 Å². The predicted molar refractivity (Wildman–Crippen MR) is 64.7 cm³/mol. The zero-order valence-electron chi connectivity index (χ0n) is 10.1. The Morgan fingerprint density at radius 3 is 2.80 bits per heavy atom. The van der Waals surface area contributed by atoms with Crippen molar-refractivity contribution >= 4 is 11.7 Å². The standard InChI is InChI=1S/C11H9N5O4/c17-11(18)8-5-7(16(19)20)3-4-9(8)15-10(6-1-2-6)12-13-14-15/h3-6H,1-2H2,(H,17,18). The molecule has 102 valence electrons. The van der Waals surface area contributed by atoms with Crippen molar-refractivity contribution in [1.29, 1.82) is 0 Å². The summed E-state index contributed by atoms with van der Waals surface area (Å²) in [5.41, 5.74) is -0.254. The Labute approximate surface area is 112 Å². The lowest BCUT2D eigenvalue weighted by molar-refractivity contribution is -0.384. The second-order valence-electron chi connectivity index (χ2n) is 4.49. The molecule has 0 saturated heterocycles. The van der Waals surface area contributed by atoms with Crippen molar-refractivity contribution in [1.82, 2.24) is 20.2 Å². The molecule has 1 N–H and O–H groups in total. The molecular formula is C11H9N5O4. The minimum absolute atomic E-state index is 0.201. The van der Waals surface area contributed by atoms with Gasteiger partial charge in [-0.3, -0.25) is 10.1 Å². The zero-order chi connectivity index (χ0) is 14.3. The van der Waals surface area contributed by atoms with E-state index in [0.717, 1.165) is 18.9 Å². The topological polar surface area (TPSA) is 124 Å². The number of tetrazole rings is 1. The van der Waals surface area contributed by atoms with Crippen LogP contribution < -0.4 is 0 Å². The summed E-state index contributed by atoms with van der Waals surface area (Å²) in [7, 11) is 0. The van der Waals surface area contributed by atoms with Crippen LogP contribution in [0.2, 0.25) is 0 Å². The molecule has 1 fully saturated rings. The van der Waals surface area contributed by atoms with Gasteiger partial charge in [-0.25, -0.2) is 4.79 Å². The van der Waals surface area contributed by atoms with Crippen LogP contribution in [0.3, 0.4) is 0 Å². The predicted octanol–water partition coefficient (Wildman–Crippen LogP) is 1.15. The van der Waals surface area contributed by atoms with Crippen LogP contribution in [-0.4, -0.2) is 36.2 Å². The summed E-state index contributed by atoms with van der Waals surface area (Å²) in [6.45, 7) is 0. The molecule has 1 heterocycles. The van der Waals surface area contributed by atoms with Crippen LogP contribution in [0.15, 0.2) is 18.2 Å². The summed E-state index contributed by atoms with van der Waals surface area (Å²) in [5.74, 6) is -0.455. The average Bonchev–Trinajstić information content (AvgIpc) is 3.15. The van der Waals surface area contributed by atoms with Gasteiger partial charge in [-0.05, 0) is 29.3 Å². The Kier molecular flexibility index (Phi) is 2.67. The van der Waals surface area contributed by atoms with Crippen LogP contribution >= 0.6 is 0 Å². The summed E-state index contributed by atoms with van der Waals surface area (Å²) in [5, 5.41) is 31.2. The summed E-state index contributed by atoms with van der Waals surface area (Å²) in [4.78, 5) is 21.4. The van der Waals surface area contributed by atoms with Gasteiger partial charge in [0.1, 0.15) is 0 Å². The molecule has 9 nitrogen and oxygen atoms in total. The van der Waals surface area contributed by atoms with Gasteiger partial charge in [0.15, 0.2) is 5.82 Å². The van der Waals surface area contributed by atoms with E-state index in [-0.39, 0.29) is 22.9 Å². The van der Waals surface area contributed by atoms with Crippen molar-refractivity contribution in [3.8, 4) is 5.69 Å². The summed E-state index contributed by atoms with van der Waals surface area (Å²) < 4.78 is 1.34. The lowest BCUT2D eigenvalue weighted by Gasteiger charge is -2.07. The highest BCUT2D eigenvalue weighted by Crippen LogP contribution is 2.39. The number of hydrogen-bond donors (Lipinski definition) is 1. The first kappa shape index (κ1) is 12.2. The third-order valence-corrected chi connectivity index (χ3v) is 3.09. The fourth-order valence-electron chi connectivity index (χ4n) is 1.96. The van der Waals surface area contributed by atoms with Gasteiger partial charge in [-0.15, -0.1) is 5.10 Å². The van der Waals surface area contributed by atoms with Gasteiger partial charge < -0.3 is 5.11 Å². The molecule has 1 aromatic heterocycles. The van der Waals surface area contributed by atoms with E-state index in [1.54, 1.807) is 0 Å². The third kappa shape index (κ3) is 1.98. The van der Waals surface area contributed by atoms with Crippen molar-refractivity contribution in [3.63, 3.8) is 0 Å². The fraction of sp³-hybridized carbons (Fsp3) is 0.273. The van der Waals surface area contributed by atoms with Crippen molar-refractivity contribution in [2.75, 3.05) is 0 Å². The number of aromatic nitrogens is 4. The molecule has 1 aromatic carbocycles. The molecule has 3 rings (SSSR count). The van der Waals surface area contributed by atoms with Gasteiger partial charge in [-0.1, -0.05) is 0 Å². The zero-order valence-corrected chi connectivity index (χ0v) is 10.1. The van der Waals surface area contributed by atoms with Crippen LogP contribution in [0, 0.1) is 10.1 Å². The van der Waals surface area contributed by atoms with Gasteiger partial charge >= 0.3 is 5.97 Å². The van der Waals surface area contributed by atoms with Crippen LogP contribution in [-0.2, 0) is 0 Å². The molecule has 9 heteroatoms. The Morgan fingerprint density at radius 1 is 1.45 bits per heavy atom. The van der Waals surface area contributed by atoms with E-state index in [1.165, 1.54) is 16.8 Å². The van der Waals surface area contributed by atoms with Gasteiger partial charge in [0.05, 0.1) is 16.2 Å². The minimum Gasteiger partial charge on any atom is -0.478 e. The molecule has 1 saturated carbocycles. The normalized spacial score (nSPS) is 14.2. The first-order chi connectivity index (χ1) is 9.58. The molecule has 0 bridgehead atoms. The van der Waals surface area contributed by atoms with Crippen molar-refractivity contribution in [2.24, 2.45) is 0 Å². The van der Waals surface area contributed by atoms with Crippen LogP contribution in [0.5, 0.6) is 0 Å². The number of nitrogens with zero attached hydrogens (tertiary/aromatic N) is 5. The smallest absolute Gasteiger partial charge is 0.338 e. The molecule has 0 aliphatic heterocycles. The summed E-state index contributed by atoms with van der Waals surface area (Å²) >= 11 is 0. The van der Waals surface area contributed by atoms with E-state index in [9.17, 15) is 20.0 Å². The Hall–Kier alpha value is -2.84. The average molecular weight is 275 g/mol. The number of benzene rings is 1. The molecular weight excluding hydrogens is 266 g/mol. The summed E-state index contributed by atoms with van der Waals surface area (Å²) in [6.07, 6.45) is 1.91. The number of carboxylic acid groups (broad SMARTS) is 1. The van der Waals surface area contributed by atoms with Gasteiger partial charge in [0.2, 0.25) is 0 Å². The van der Waals surface area contributed by atoms with Crippen molar-refractivity contribution in [2.45, 2.75) is 18.8 Å². The monoisotopic (exact) mass is 275 g/mol. The highest BCUT2D eigenvalue weighted by molar-refractivity contribution is 5.92. The highest BCUT2D eigenvalue weighted by atomic mass is 16.6. The number of aromatic carboxylic acids is 1. The van der Waals surface area contributed by atoms with Gasteiger partial charge in [0.25, 0.3) is 5.69 Å². The summed E-state index contributed by atoms with van der Waals surface area (Å²) in [6, 6.07) is 3.60. The van der Waals surface area contributed by atoms with E-state index in [4.69, 9.17) is 0 Å². The number of nitro benzene ring substituents is 1. The maximum absolute atomic E-state index is 11.3. The third-order valence-electron chi connectivity index (χ3n) is 3.09. The first-order valence-electron chi connectivity index (χ1n) is 5.88. The molecule has 2 aromatic rings. The largest absolute Gasteiger partial charge is 0.478 e. The van der Waals surface area contributed by atoms with Crippen LogP contribution in [0.4, 0.5) is 5.69 Å². The molecule has 0 spiro atoms. The van der Waals surface area contributed by atoms with Crippen molar-refractivity contribution in [3.05, 3.63) is 39.7 Å². The lowest BCUT2D eigenvalue weighted by atomic mass is 10.1. The van der Waals surface area contributed by atoms with Crippen molar-refractivity contribution < 1.29 is 14.8 Å². The number of carbonyl (C=O) groups is 1. The van der Waals surface area contributed by atoms with E-state index in [1.807, 2.05) is 0 Å².